The summed E-state index contributed by atoms with van der Waals surface area (Å²) in [6, 6.07) is 3.90. The molecule has 0 bridgehead atoms. The van der Waals surface area contributed by atoms with Gasteiger partial charge in [0.15, 0.2) is 0 Å². The van der Waals surface area contributed by atoms with Gasteiger partial charge in [-0.05, 0) is 23.6 Å². The van der Waals surface area contributed by atoms with Crippen molar-refractivity contribution in [2.45, 2.75) is 26.0 Å². The molecule has 1 N–H and O–H groups in total. The Balaban J connectivity index is 1.73. The number of amides is 1. The standard InChI is InChI=1S/C14H18N4OS2/c1-10(2)7-13-17-18-14(21-13)16-12(19)9-20-8-11-3-5-15-6-4-11/h3-6,10H,7-9H2,1-2H3,(H,16,18,19). The number of hydrogen-bond donors (Lipinski definition) is 1. The van der Waals surface area contributed by atoms with Crippen molar-refractivity contribution in [2.24, 2.45) is 5.92 Å². The van der Waals surface area contributed by atoms with Crippen molar-refractivity contribution in [3.05, 3.63) is 35.1 Å². The van der Waals surface area contributed by atoms with E-state index >= 15 is 0 Å². The van der Waals surface area contributed by atoms with Crippen LogP contribution < -0.4 is 5.32 Å². The Morgan fingerprint density at radius 3 is 2.81 bits per heavy atom. The minimum absolute atomic E-state index is 0.0405. The van der Waals surface area contributed by atoms with Crippen LogP contribution in [0.4, 0.5) is 5.13 Å². The van der Waals surface area contributed by atoms with Crippen molar-refractivity contribution in [2.75, 3.05) is 11.1 Å². The Kier molecular flexibility index (Phi) is 6.13. The van der Waals surface area contributed by atoms with Gasteiger partial charge in [0.1, 0.15) is 5.01 Å². The Labute approximate surface area is 132 Å². The lowest BCUT2D eigenvalue weighted by atomic mass is 10.1. The molecule has 0 saturated heterocycles. The fraction of sp³-hybridized carbons (Fsp3) is 0.429. The molecule has 0 aliphatic carbocycles. The highest BCUT2D eigenvalue weighted by atomic mass is 32.2. The van der Waals surface area contributed by atoms with Gasteiger partial charge in [0.2, 0.25) is 11.0 Å². The second kappa shape index (κ2) is 8.09. The molecule has 2 aromatic rings. The van der Waals surface area contributed by atoms with E-state index in [1.807, 2.05) is 12.1 Å². The molecule has 21 heavy (non-hydrogen) atoms. The highest BCUT2D eigenvalue weighted by Crippen LogP contribution is 2.19. The second-order valence-electron chi connectivity index (χ2n) is 5.00. The number of nitrogens with one attached hydrogen (secondary N) is 1. The molecule has 2 heterocycles. The molecular weight excluding hydrogens is 304 g/mol. The van der Waals surface area contributed by atoms with Crippen LogP contribution in [-0.2, 0) is 17.0 Å². The Morgan fingerprint density at radius 2 is 2.10 bits per heavy atom. The molecule has 0 atom stereocenters. The van der Waals surface area contributed by atoms with Gasteiger partial charge in [-0.15, -0.1) is 22.0 Å². The summed E-state index contributed by atoms with van der Waals surface area (Å²) >= 11 is 3.02. The Bertz CT molecular complexity index is 571. The number of nitrogens with zero attached hydrogens (tertiary/aromatic N) is 3. The molecule has 7 heteroatoms. The molecule has 0 radical (unpaired) electrons. The summed E-state index contributed by atoms with van der Waals surface area (Å²) < 4.78 is 0. The molecule has 5 nitrogen and oxygen atoms in total. The largest absolute Gasteiger partial charge is 0.300 e. The second-order valence-corrected chi connectivity index (χ2v) is 7.04. The molecule has 0 saturated carbocycles. The van der Waals surface area contributed by atoms with Gasteiger partial charge >= 0.3 is 0 Å². The fourth-order valence-electron chi connectivity index (χ4n) is 1.63. The summed E-state index contributed by atoms with van der Waals surface area (Å²) in [6.07, 6.45) is 4.41. The van der Waals surface area contributed by atoms with E-state index in [1.54, 1.807) is 24.2 Å². The molecule has 0 aliphatic heterocycles. The van der Waals surface area contributed by atoms with Crippen molar-refractivity contribution in [3.63, 3.8) is 0 Å². The van der Waals surface area contributed by atoms with Crippen molar-refractivity contribution in [1.29, 1.82) is 0 Å². The first kappa shape index (κ1) is 15.9. The van der Waals surface area contributed by atoms with Gasteiger partial charge in [0, 0.05) is 24.6 Å². The average molecular weight is 322 g/mol. The third kappa shape index (κ3) is 5.81. The maximum absolute atomic E-state index is 11.8. The zero-order valence-corrected chi connectivity index (χ0v) is 13.7. The van der Waals surface area contributed by atoms with Crippen LogP contribution in [0.25, 0.3) is 0 Å². The molecular formula is C14H18N4OS2. The number of thioether (sulfide) groups is 1. The summed E-state index contributed by atoms with van der Waals surface area (Å²) in [5.41, 5.74) is 1.16. The summed E-state index contributed by atoms with van der Waals surface area (Å²) in [6.45, 7) is 4.27. The normalized spacial score (nSPS) is 10.8. The fourth-order valence-corrected chi connectivity index (χ4v) is 3.39. The molecule has 0 aromatic carbocycles. The van der Waals surface area contributed by atoms with Crippen molar-refractivity contribution < 1.29 is 4.79 Å². The molecule has 0 fully saturated rings. The van der Waals surface area contributed by atoms with Gasteiger partial charge in [0.25, 0.3) is 0 Å². The number of pyridine rings is 1. The van der Waals surface area contributed by atoms with Crippen LogP contribution >= 0.6 is 23.1 Å². The minimum atomic E-state index is -0.0405. The summed E-state index contributed by atoms with van der Waals surface area (Å²) in [5, 5.41) is 12.4. The molecule has 2 aromatic heterocycles. The average Bonchev–Trinajstić information content (AvgIpc) is 2.86. The van der Waals surface area contributed by atoms with Gasteiger partial charge in [-0.3, -0.25) is 15.1 Å². The van der Waals surface area contributed by atoms with Crippen LogP contribution in [0.15, 0.2) is 24.5 Å². The topological polar surface area (TPSA) is 67.8 Å². The molecule has 112 valence electrons. The van der Waals surface area contributed by atoms with E-state index in [9.17, 15) is 4.79 Å². The van der Waals surface area contributed by atoms with Crippen molar-refractivity contribution in [1.82, 2.24) is 15.2 Å². The van der Waals surface area contributed by atoms with E-state index in [1.165, 1.54) is 11.3 Å². The zero-order valence-electron chi connectivity index (χ0n) is 12.1. The molecule has 0 unspecified atom stereocenters. The maximum atomic E-state index is 11.8. The van der Waals surface area contributed by atoms with Gasteiger partial charge in [-0.25, -0.2) is 0 Å². The Hall–Kier alpha value is -1.47. The van der Waals surface area contributed by atoms with Crippen LogP contribution in [0.1, 0.15) is 24.4 Å². The highest BCUT2D eigenvalue weighted by Gasteiger charge is 2.09. The predicted octanol–water partition coefficient (Wildman–Crippen LogP) is 3.00. The third-order valence-electron chi connectivity index (χ3n) is 2.55. The summed E-state index contributed by atoms with van der Waals surface area (Å²) in [5.74, 6) is 1.70. The number of rotatable bonds is 7. The predicted molar refractivity (Wildman–Crippen MR) is 87.5 cm³/mol. The quantitative estimate of drug-likeness (QED) is 0.848. The summed E-state index contributed by atoms with van der Waals surface area (Å²) in [4.78, 5) is 15.8. The van der Waals surface area contributed by atoms with Gasteiger partial charge in [-0.1, -0.05) is 25.2 Å². The molecule has 1 amide bonds. The Morgan fingerprint density at radius 1 is 1.33 bits per heavy atom. The van der Waals surface area contributed by atoms with E-state index in [4.69, 9.17) is 0 Å². The van der Waals surface area contributed by atoms with E-state index in [0.717, 1.165) is 22.7 Å². The number of carbonyl (C=O) groups is 1. The van der Waals surface area contributed by atoms with E-state index < -0.39 is 0 Å². The lowest BCUT2D eigenvalue weighted by Gasteiger charge is -2.02. The molecule has 0 spiro atoms. The number of carbonyl (C=O) groups excluding carboxylic acids is 1. The van der Waals surface area contributed by atoms with Crippen LogP contribution in [0.3, 0.4) is 0 Å². The zero-order chi connectivity index (χ0) is 15.1. The van der Waals surface area contributed by atoms with Gasteiger partial charge < -0.3 is 0 Å². The van der Waals surface area contributed by atoms with Crippen LogP contribution in [0.2, 0.25) is 0 Å². The first-order valence-corrected chi connectivity index (χ1v) is 8.69. The number of hydrogen-bond acceptors (Lipinski definition) is 6. The van der Waals surface area contributed by atoms with Gasteiger partial charge in [-0.2, -0.15) is 0 Å². The smallest absolute Gasteiger partial charge is 0.236 e. The SMILES string of the molecule is CC(C)Cc1nnc(NC(=O)CSCc2ccncc2)s1. The van der Waals surface area contributed by atoms with Crippen LogP contribution in [0, 0.1) is 5.92 Å². The highest BCUT2D eigenvalue weighted by molar-refractivity contribution is 7.99. The number of anilines is 1. The van der Waals surface area contributed by atoms with Gasteiger partial charge in [0.05, 0.1) is 5.75 Å². The minimum Gasteiger partial charge on any atom is -0.300 e. The first-order valence-electron chi connectivity index (χ1n) is 6.72. The van der Waals surface area contributed by atoms with Crippen molar-refractivity contribution in [3.8, 4) is 0 Å². The van der Waals surface area contributed by atoms with Crippen LogP contribution in [-0.4, -0.2) is 26.8 Å². The lowest BCUT2D eigenvalue weighted by molar-refractivity contribution is -0.113. The van der Waals surface area contributed by atoms with E-state index in [2.05, 4.69) is 34.3 Å². The molecule has 2 rings (SSSR count). The molecule has 0 aliphatic rings. The third-order valence-corrected chi connectivity index (χ3v) is 4.41. The van der Waals surface area contributed by atoms with Crippen LogP contribution in [0.5, 0.6) is 0 Å². The van der Waals surface area contributed by atoms with E-state index in [0.29, 0.717) is 16.8 Å². The van der Waals surface area contributed by atoms with E-state index in [-0.39, 0.29) is 5.91 Å². The monoisotopic (exact) mass is 322 g/mol. The summed E-state index contributed by atoms with van der Waals surface area (Å²) in [7, 11) is 0. The lowest BCUT2D eigenvalue weighted by Crippen LogP contribution is -2.13. The first-order chi connectivity index (χ1) is 10.1. The number of aromatic nitrogens is 3. The van der Waals surface area contributed by atoms with Crippen molar-refractivity contribution >= 4 is 34.1 Å². The maximum Gasteiger partial charge on any atom is 0.236 e.